The van der Waals surface area contributed by atoms with Crippen molar-refractivity contribution in [1.29, 1.82) is 0 Å². The van der Waals surface area contributed by atoms with Crippen LogP contribution in [0.3, 0.4) is 0 Å². The fourth-order valence-corrected chi connectivity index (χ4v) is 4.15. The molecule has 2 nitrogen and oxygen atoms in total. The standard InChI is InChI=1S/C15H20ClNO/c1-17-12-5-6-15(17)14(9-18)13(8-12)10-3-2-4-11(16)7-10/h2-4,7,12-15,18H,5-6,8-9H2,1H3. The van der Waals surface area contributed by atoms with E-state index in [9.17, 15) is 5.11 Å². The Kier molecular flexibility index (Phi) is 3.35. The second-order valence-corrected chi connectivity index (χ2v) is 6.14. The first-order chi connectivity index (χ1) is 8.70. The summed E-state index contributed by atoms with van der Waals surface area (Å²) in [5.74, 6) is 0.814. The van der Waals surface area contributed by atoms with Gasteiger partial charge in [0.25, 0.3) is 0 Å². The molecule has 4 unspecified atom stereocenters. The number of aliphatic hydroxyl groups is 1. The summed E-state index contributed by atoms with van der Waals surface area (Å²) in [6.07, 6.45) is 3.65. The minimum Gasteiger partial charge on any atom is -0.396 e. The summed E-state index contributed by atoms with van der Waals surface area (Å²) in [7, 11) is 2.21. The van der Waals surface area contributed by atoms with E-state index in [-0.39, 0.29) is 6.61 Å². The van der Waals surface area contributed by atoms with Crippen molar-refractivity contribution in [3.63, 3.8) is 0 Å². The summed E-state index contributed by atoms with van der Waals surface area (Å²) in [6, 6.07) is 9.39. The SMILES string of the molecule is CN1C2CCC1C(CO)C(c1cccc(Cl)c1)C2. The number of aliphatic hydroxyl groups excluding tert-OH is 1. The molecule has 0 aliphatic carbocycles. The van der Waals surface area contributed by atoms with Crippen LogP contribution in [-0.4, -0.2) is 35.7 Å². The minimum absolute atomic E-state index is 0.277. The predicted molar refractivity (Wildman–Crippen MR) is 74.0 cm³/mol. The van der Waals surface area contributed by atoms with E-state index in [1.54, 1.807) is 0 Å². The highest BCUT2D eigenvalue weighted by Crippen LogP contribution is 2.46. The van der Waals surface area contributed by atoms with Crippen molar-refractivity contribution in [3.8, 4) is 0 Å². The Morgan fingerprint density at radius 2 is 2.22 bits per heavy atom. The summed E-state index contributed by atoms with van der Waals surface area (Å²) >= 11 is 6.10. The van der Waals surface area contributed by atoms with Crippen LogP contribution in [0, 0.1) is 5.92 Å². The molecule has 2 saturated heterocycles. The van der Waals surface area contributed by atoms with Crippen LogP contribution in [0.1, 0.15) is 30.7 Å². The number of rotatable bonds is 2. The van der Waals surface area contributed by atoms with Gasteiger partial charge in [0, 0.05) is 29.6 Å². The van der Waals surface area contributed by atoms with E-state index in [1.807, 2.05) is 12.1 Å². The molecule has 1 aromatic carbocycles. The monoisotopic (exact) mass is 265 g/mol. The molecule has 3 rings (SSSR count). The number of fused-ring (bicyclic) bond motifs is 2. The van der Waals surface area contributed by atoms with Crippen LogP contribution in [0.4, 0.5) is 0 Å². The largest absolute Gasteiger partial charge is 0.396 e. The Bertz CT molecular complexity index is 436. The average molecular weight is 266 g/mol. The van der Waals surface area contributed by atoms with Gasteiger partial charge in [0.15, 0.2) is 0 Å². The Morgan fingerprint density at radius 3 is 2.94 bits per heavy atom. The van der Waals surface area contributed by atoms with Crippen molar-refractivity contribution in [3.05, 3.63) is 34.9 Å². The van der Waals surface area contributed by atoms with E-state index in [0.717, 1.165) is 11.4 Å². The van der Waals surface area contributed by atoms with Crippen LogP contribution in [0.5, 0.6) is 0 Å². The topological polar surface area (TPSA) is 23.5 Å². The van der Waals surface area contributed by atoms with Crippen LogP contribution in [-0.2, 0) is 0 Å². The molecule has 0 saturated carbocycles. The quantitative estimate of drug-likeness (QED) is 0.889. The van der Waals surface area contributed by atoms with Gasteiger partial charge < -0.3 is 10.0 Å². The Balaban J connectivity index is 1.92. The zero-order chi connectivity index (χ0) is 12.7. The van der Waals surface area contributed by atoms with Crippen molar-refractivity contribution in [2.75, 3.05) is 13.7 Å². The van der Waals surface area contributed by atoms with Gasteiger partial charge in [0.1, 0.15) is 0 Å². The van der Waals surface area contributed by atoms with Crippen LogP contribution >= 0.6 is 11.6 Å². The number of halogens is 1. The fraction of sp³-hybridized carbons (Fsp3) is 0.600. The summed E-state index contributed by atoms with van der Waals surface area (Å²) in [5, 5.41) is 10.6. The molecule has 2 bridgehead atoms. The van der Waals surface area contributed by atoms with Crippen LogP contribution in [0.15, 0.2) is 24.3 Å². The molecule has 0 aromatic heterocycles. The Hall–Kier alpha value is -0.570. The van der Waals surface area contributed by atoms with Crippen molar-refractivity contribution in [2.24, 2.45) is 5.92 Å². The van der Waals surface area contributed by atoms with Crippen molar-refractivity contribution in [2.45, 2.75) is 37.3 Å². The van der Waals surface area contributed by atoms with Gasteiger partial charge in [0.2, 0.25) is 0 Å². The van der Waals surface area contributed by atoms with E-state index in [1.165, 1.54) is 18.4 Å². The summed E-state index contributed by atoms with van der Waals surface area (Å²) in [5.41, 5.74) is 1.30. The lowest BCUT2D eigenvalue weighted by atomic mass is 9.76. The van der Waals surface area contributed by atoms with E-state index >= 15 is 0 Å². The molecule has 3 heteroatoms. The van der Waals surface area contributed by atoms with Crippen LogP contribution in [0.25, 0.3) is 0 Å². The molecule has 2 heterocycles. The minimum atomic E-state index is 0.277. The second kappa shape index (κ2) is 4.84. The highest BCUT2D eigenvalue weighted by Gasteiger charge is 2.45. The van der Waals surface area contributed by atoms with Gasteiger partial charge in [-0.25, -0.2) is 0 Å². The lowest BCUT2D eigenvalue weighted by molar-refractivity contribution is 0.0592. The lowest BCUT2D eigenvalue weighted by Crippen LogP contribution is -2.47. The first-order valence-corrected chi connectivity index (χ1v) is 7.16. The molecule has 0 radical (unpaired) electrons. The number of nitrogens with zero attached hydrogens (tertiary/aromatic N) is 1. The van der Waals surface area contributed by atoms with E-state index in [0.29, 0.717) is 23.9 Å². The molecule has 0 amide bonds. The fourth-order valence-electron chi connectivity index (χ4n) is 3.95. The lowest BCUT2D eigenvalue weighted by Gasteiger charge is -2.42. The summed E-state index contributed by atoms with van der Waals surface area (Å²) < 4.78 is 0. The second-order valence-electron chi connectivity index (χ2n) is 5.71. The molecule has 1 aromatic rings. The molecular formula is C15H20ClNO. The normalized spacial score (nSPS) is 35.9. The van der Waals surface area contributed by atoms with Gasteiger partial charge >= 0.3 is 0 Å². The maximum atomic E-state index is 9.77. The smallest absolute Gasteiger partial charge is 0.0480 e. The van der Waals surface area contributed by atoms with Crippen molar-refractivity contribution >= 4 is 11.6 Å². The van der Waals surface area contributed by atoms with E-state index in [4.69, 9.17) is 11.6 Å². The van der Waals surface area contributed by atoms with Gasteiger partial charge in [-0.3, -0.25) is 0 Å². The van der Waals surface area contributed by atoms with Gasteiger partial charge in [-0.2, -0.15) is 0 Å². The molecular weight excluding hydrogens is 246 g/mol. The number of piperidine rings is 1. The van der Waals surface area contributed by atoms with Gasteiger partial charge in [-0.15, -0.1) is 0 Å². The molecule has 0 spiro atoms. The molecule has 98 valence electrons. The summed E-state index contributed by atoms with van der Waals surface area (Å²) in [6.45, 7) is 0.277. The van der Waals surface area contributed by atoms with Crippen molar-refractivity contribution < 1.29 is 5.11 Å². The highest BCUT2D eigenvalue weighted by molar-refractivity contribution is 6.30. The Labute approximate surface area is 114 Å². The third kappa shape index (κ3) is 1.97. The average Bonchev–Trinajstić information content (AvgIpc) is 2.63. The number of hydrogen-bond acceptors (Lipinski definition) is 2. The third-order valence-electron chi connectivity index (χ3n) is 4.92. The maximum absolute atomic E-state index is 9.77. The van der Waals surface area contributed by atoms with Crippen LogP contribution in [0.2, 0.25) is 5.02 Å². The molecule has 1 N–H and O–H groups in total. The Morgan fingerprint density at radius 1 is 1.39 bits per heavy atom. The zero-order valence-corrected chi connectivity index (χ0v) is 11.5. The molecule has 4 atom stereocenters. The third-order valence-corrected chi connectivity index (χ3v) is 5.15. The van der Waals surface area contributed by atoms with Gasteiger partial charge in [-0.05, 0) is 49.9 Å². The zero-order valence-electron chi connectivity index (χ0n) is 10.7. The summed E-state index contributed by atoms with van der Waals surface area (Å²) in [4.78, 5) is 2.47. The first kappa shape index (κ1) is 12.5. The van der Waals surface area contributed by atoms with E-state index in [2.05, 4.69) is 24.1 Å². The molecule has 2 aliphatic heterocycles. The maximum Gasteiger partial charge on any atom is 0.0480 e. The predicted octanol–water partition coefficient (Wildman–Crippen LogP) is 2.90. The van der Waals surface area contributed by atoms with E-state index < -0.39 is 0 Å². The van der Waals surface area contributed by atoms with Gasteiger partial charge in [-0.1, -0.05) is 23.7 Å². The molecule has 2 fully saturated rings. The first-order valence-electron chi connectivity index (χ1n) is 6.79. The van der Waals surface area contributed by atoms with Gasteiger partial charge in [0.05, 0.1) is 0 Å². The van der Waals surface area contributed by atoms with Crippen LogP contribution < -0.4 is 0 Å². The molecule has 2 aliphatic rings. The van der Waals surface area contributed by atoms with Crippen molar-refractivity contribution in [1.82, 2.24) is 4.90 Å². The number of hydrogen-bond donors (Lipinski definition) is 1. The molecule has 18 heavy (non-hydrogen) atoms. The highest BCUT2D eigenvalue weighted by atomic mass is 35.5. The number of benzene rings is 1.